The number of hydrogen-bond donors (Lipinski definition) is 1. The van der Waals surface area contributed by atoms with Gasteiger partial charge in [-0.25, -0.2) is 0 Å². The Morgan fingerprint density at radius 3 is 2.76 bits per heavy atom. The van der Waals surface area contributed by atoms with Crippen molar-refractivity contribution in [3.63, 3.8) is 0 Å². The normalized spacial score (nSPS) is 20.8. The first-order chi connectivity index (χ1) is 8.04. The molecule has 0 saturated carbocycles. The van der Waals surface area contributed by atoms with E-state index in [4.69, 9.17) is 0 Å². The predicted molar refractivity (Wildman–Crippen MR) is 72.3 cm³/mol. The van der Waals surface area contributed by atoms with Gasteiger partial charge in [-0.2, -0.15) is 0 Å². The van der Waals surface area contributed by atoms with Gasteiger partial charge in [-0.3, -0.25) is 0 Å². The van der Waals surface area contributed by atoms with Crippen molar-refractivity contribution in [2.75, 3.05) is 0 Å². The lowest BCUT2D eigenvalue weighted by atomic mass is 9.80. The van der Waals surface area contributed by atoms with Crippen molar-refractivity contribution in [2.24, 2.45) is 0 Å². The maximum absolute atomic E-state index is 10.2. The van der Waals surface area contributed by atoms with Gasteiger partial charge in [0.25, 0.3) is 0 Å². The Kier molecular flexibility index (Phi) is 3.58. The van der Waals surface area contributed by atoms with Gasteiger partial charge in [0.15, 0.2) is 0 Å². The lowest BCUT2D eigenvalue weighted by molar-refractivity contribution is 0.166. The summed E-state index contributed by atoms with van der Waals surface area (Å²) in [5.41, 5.74) is 4.10. The van der Waals surface area contributed by atoms with Gasteiger partial charge in [0.05, 0.1) is 6.10 Å². The molecule has 1 N–H and O–H groups in total. The molecule has 0 heterocycles. The third-order valence-corrected chi connectivity index (χ3v) is 4.34. The fraction of sp³-hybridized carbons (Fsp3) is 0.625. The molecule has 1 atom stereocenters. The minimum Gasteiger partial charge on any atom is -0.388 e. The van der Waals surface area contributed by atoms with Crippen molar-refractivity contribution < 1.29 is 5.11 Å². The smallest absolute Gasteiger partial charge is 0.0792 e. The van der Waals surface area contributed by atoms with Gasteiger partial charge in [0, 0.05) is 0 Å². The molecule has 0 aromatic heterocycles. The first-order valence-corrected chi connectivity index (χ1v) is 6.86. The minimum absolute atomic E-state index is 0.209. The number of aryl methyl sites for hydroxylation is 1. The topological polar surface area (TPSA) is 20.2 Å². The highest BCUT2D eigenvalue weighted by molar-refractivity contribution is 5.37. The molecule has 0 unspecified atom stereocenters. The molecule has 0 saturated heterocycles. The molecular formula is C16H24O. The largest absolute Gasteiger partial charge is 0.388 e. The van der Waals surface area contributed by atoms with Crippen molar-refractivity contribution in [1.29, 1.82) is 0 Å². The Labute approximate surface area is 105 Å². The number of benzene rings is 1. The highest BCUT2D eigenvalue weighted by atomic mass is 16.3. The maximum atomic E-state index is 10.2. The monoisotopic (exact) mass is 232 g/mol. The zero-order valence-electron chi connectivity index (χ0n) is 11.3. The Balaban J connectivity index is 2.41. The Bertz CT molecular complexity index is 393. The second-order valence-corrected chi connectivity index (χ2v) is 5.91. The van der Waals surface area contributed by atoms with Crippen molar-refractivity contribution in [3.8, 4) is 0 Å². The van der Waals surface area contributed by atoms with E-state index in [9.17, 15) is 5.11 Å². The van der Waals surface area contributed by atoms with E-state index >= 15 is 0 Å². The second kappa shape index (κ2) is 4.81. The summed E-state index contributed by atoms with van der Waals surface area (Å²) in [6.07, 6.45) is 5.27. The predicted octanol–water partition coefficient (Wildman–Crippen LogP) is 4.13. The second-order valence-electron chi connectivity index (χ2n) is 5.91. The van der Waals surface area contributed by atoms with E-state index in [0.717, 1.165) is 25.7 Å². The van der Waals surface area contributed by atoms with E-state index < -0.39 is 0 Å². The van der Waals surface area contributed by atoms with Gasteiger partial charge in [0.2, 0.25) is 0 Å². The summed E-state index contributed by atoms with van der Waals surface area (Å²) < 4.78 is 0. The van der Waals surface area contributed by atoms with E-state index in [0.29, 0.717) is 0 Å². The molecule has 0 amide bonds. The van der Waals surface area contributed by atoms with Crippen LogP contribution in [0.2, 0.25) is 0 Å². The molecule has 2 rings (SSSR count). The number of aliphatic hydroxyl groups is 1. The molecule has 94 valence electrons. The van der Waals surface area contributed by atoms with E-state index in [-0.39, 0.29) is 11.5 Å². The summed E-state index contributed by atoms with van der Waals surface area (Å²) in [7, 11) is 0. The molecule has 0 aliphatic heterocycles. The van der Waals surface area contributed by atoms with Crippen molar-refractivity contribution in [1.82, 2.24) is 0 Å². The molecule has 0 fully saturated rings. The van der Waals surface area contributed by atoms with Crippen molar-refractivity contribution in [3.05, 3.63) is 34.9 Å². The zero-order chi connectivity index (χ0) is 12.5. The molecule has 1 heteroatoms. The number of rotatable bonds is 2. The molecule has 17 heavy (non-hydrogen) atoms. The molecular weight excluding hydrogens is 208 g/mol. The van der Waals surface area contributed by atoms with Gasteiger partial charge in [-0.05, 0) is 47.8 Å². The fourth-order valence-corrected chi connectivity index (χ4v) is 2.57. The average molecular weight is 232 g/mol. The number of fused-ring (bicyclic) bond motifs is 1. The quantitative estimate of drug-likeness (QED) is 0.760. The number of hydrogen-bond acceptors (Lipinski definition) is 1. The third kappa shape index (κ3) is 2.55. The first kappa shape index (κ1) is 12.6. The number of aliphatic hydroxyl groups excluding tert-OH is 1. The van der Waals surface area contributed by atoms with Crippen LogP contribution in [0.25, 0.3) is 0 Å². The van der Waals surface area contributed by atoms with Crippen LogP contribution in [0.5, 0.6) is 0 Å². The van der Waals surface area contributed by atoms with E-state index in [1.807, 2.05) is 0 Å². The van der Waals surface area contributed by atoms with Crippen LogP contribution in [0.3, 0.4) is 0 Å². The third-order valence-electron chi connectivity index (χ3n) is 4.34. The molecule has 1 aliphatic carbocycles. The van der Waals surface area contributed by atoms with Gasteiger partial charge >= 0.3 is 0 Å². The Morgan fingerprint density at radius 1 is 1.29 bits per heavy atom. The van der Waals surface area contributed by atoms with E-state index in [1.165, 1.54) is 23.1 Å². The molecule has 1 nitrogen and oxygen atoms in total. The minimum atomic E-state index is -0.250. The van der Waals surface area contributed by atoms with Crippen molar-refractivity contribution >= 4 is 0 Å². The Morgan fingerprint density at radius 2 is 2.06 bits per heavy atom. The van der Waals surface area contributed by atoms with Gasteiger partial charge in [-0.1, -0.05) is 45.4 Å². The van der Waals surface area contributed by atoms with E-state index in [1.54, 1.807) is 0 Å². The average Bonchev–Trinajstić information content (AvgIpc) is 2.51. The fourth-order valence-electron chi connectivity index (χ4n) is 2.57. The SMILES string of the molecule is CCC(C)(C)c1ccc2c(c1)[C@H](O)CCCC2. The summed E-state index contributed by atoms with van der Waals surface area (Å²) in [5, 5.41) is 10.2. The van der Waals surface area contributed by atoms with Crippen LogP contribution < -0.4 is 0 Å². The van der Waals surface area contributed by atoms with Gasteiger partial charge < -0.3 is 5.11 Å². The van der Waals surface area contributed by atoms with Crippen LogP contribution in [0.4, 0.5) is 0 Å². The molecule has 0 bridgehead atoms. The zero-order valence-corrected chi connectivity index (χ0v) is 11.3. The molecule has 0 radical (unpaired) electrons. The summed E-state index contributed by atoms with van der Waals surface area (Å²) >= 11 is 0. The molecule has 1 aromatic carbocycles. The standard InChI is InChI=1S/C16H24O/c1-4-16(2,3)13-10-9-12-7-5-6-8-15(17)14(12)11-13/h9-11,15,17H,4-8H2,1-3H3/t15-/m1/s1. The van der Waals surface area contributed by atoms with Crippen LogP contribution in [0, 0.1) is 0 Å². The van der Waals surface area contributed by atoms with Gasteiger partial charge in [-0.15, -0.1) is 0 Å². The summed E-state index contributed by atoms with van der Waals surface area (Å²) in [4.78, 5) is 0. The summed E-state index contributed by atoms with van der Waals surface area (Å²) in [6, 6.07) is 6.73. The van der Waals surface area contributed by atoms with Crippen molar-refractivity contribution in [2.45, 2.75) is 64.4 Å². The lowest BCUT2D eigenvalue weighted by Crippen LogP contribution is -2.16. The Hall–Kier alpha value is -0.820. The first-order valence-electron chi connectivity index (χ1n) is 6.86. The molecule has 1 aliphatic rings. The summed E-state index contributed by atoms with van der Waals surface area (Å²) in [6.45, 7) is 6.78. The van der Waals surface area contributed by atoms with Crippen LogP contribution in [-0.4, -0.2) is 5.11 Å². The summed E-state index contributed by atoms with van der Waals surface area (Å²) in [5.74, 6) is 0. The molecule has 1 aromatic rings. The molecule has 0 spiro atoms. The maximum Gasteiger partial charge on any atom is 0.0792 e. The van der Waals surface area contributed by atoms with Crippen LogP contribution in [0.15, 0.2) is 18.2 Å². The highest BCUT2D eigenvalue weighted by Gasteiger charge is 2.22. The van der Waals surface area contributed by atoms with Gasteiger partial charge in [0.1, 0.15) is 0 Å². The lowest BCUT2D eigenvalue weighted by Gasteiger charge is -2.25. The van der Waals surface area contributed by atoms with Crippen LogP contribution in [0.1, 0.15) is 69.2 Å². The van der Waals surface area contributed by atoms with Crippen LogP contribution in [-0.2, 0) is 11.8 Å². The van der Waals surface area contributed by atoms with Crippen LogP contribution >= 0.6 is 0 Å². The van der Waals surface area contributed by atoms with E-state index in [2.05, 4.69) is 39.0 Å². The highest BCUT2D eigenvalue weighted by Crippen LogP contribution is 2.34.